The Morgan fingerprint density at radius 3 is 2.67 bits per heavy atom. The predicted molar refractivity (Wildman–Crippen MR) is 74.4 cm³/mol. The molecule has 1 aromatic heterocycles. The van der Waals surface area contributed by atoms with Gasteiger partial charge in [0, 0.05) is 12.3 Å². The molecule has 0 unspecified atom stereocenters. The lowest BCUT2D eigenvalue weighted by Crippen LogP contribution is -2.17. The summed E-state index contributed by atoms with van der Waals surface area (Å²) in [6.07, 6.45) is 1.52. The maximum atomic E-state index is 13.7. The number of carbonyl (C=O) groups excluding carboxylic acids is 1. The van der Waals surface area contributed by atoms with E-state index in [2.05, 4.69) is 10.3 Å². The van der Waals surface area contributed by atoms with Gasteiger partial charge in [-0.05, 0) is 24.6 Å². The van der Waals surface area contributed by atoms with Gasteiger partial charge < -0.3 is 11.1 Å². The highest BCUT2D eigenvalue weighted by Gasteiger charge is 2.23. The van der Waals surface area contributed by atoms with E-state index >= 15 is 0 Å². The average Bonchev–Trinajstić information content (AvgIpc) is 2.41. The van der Waals surface area contributed by atoms with E-state index in [1.807, 2.05) is 6.92 Å². The molecule has 0 atom stereocenters. The molecule has 3 N–H and O–H groups in total. The van der Waals surface area contributed by atoms with E-state index in [-0.39, 0.29) is 5.82 Å². The molecule has 0 radical (unpaired) electrons. The van der Waals surface area contributed by atoms with Gasteiger partial charge in [-0.15, -0.1) is 0 Å². The predicted octanol–water partition coefficient (Wildman–Crippen LogP) is 2.27. The smallest absolute Gasteiger partial charge is 0.293 e. The summed E-state index contributed by atoms with van der Waals surface area (Å²) in [4.78, 5) is 25.9. The van der Waals surface area contributed by atoms with Gasteiger partial charge in [-0.25, -0.2) is 9.37 Å². The van der Waals surface area contributed by atoms with Crippen LogP contribution < -0.4 is 11.1 Å². The van der Waals surface area contributed by atoms with Gasteiger partial charge in [0.2, 0.25) is 0 Å². The van der Waals surface area contributed by atoms with Crippen LogP contribution in [-0.2, 0) is 0 Å². The summed E-state index contributed by atoms with van der Waals surface area (Å²) in [5, 5.41) is 13.1. The van der Waals surface area contributed by atoms with E-state index in [1.54, 1.807) is 6.07 Å². The molecule has 2 aromatic rings. The van der Waals surface area contributed by atoms with Crippen LogP contribution >= 0.6 is 0 Å². The summed E-state index contributed by atoms with van der Waals surface area (Å²) < 4.78 is 13.7. The number of hydrogen-bond acceptors (Lipinski definition) is 5. The zero-order chi connectivity index (χ0) is 15.6. The molecule has 1 aromatic carbocycles. The lowest BCUT2D eigenvalue weighted by atomic mass is 10.1. The molecule has 0 saturated heterocycles. The van der Waals surface area contributed by atoms with Crippen LogP contribution in [0.25, 0.3) is 0 Å². The number of amides is 1. The number of hydrogen-bond donors (Lipinski definition) is 2. The van der Waals surface area contributed by atoms with Crippen LogP contribution in [-0.4, -0.2) is 15.8 Å². The molecule has 1 amide bonds. The van der Waals surface area contributed by atoms with Crippen LogP contribution in [0.2, 0.25) is 0 Å². The third kappa shape index (κ3) is 2.94. The van der Waals surface area contributed by atoms with Crippen molar-refractivity contribution in [3.8, 4) is 0 Å². The molecule has 108 valence electrons. The molecule has 0 aliphatic rings. The van der Waals surface area contributed by atoms with Crippen molar-refractivity contribution in [3.05, 3.63) is 57.5 Å². The van der Waals surface area contributed by atoms with Gasteiger partial charge in [-0.2, -0.15) is 0 Å². The number of carbonyl (C=O) groups is 1. The van der Waals surface area contributed by atoms with E-state index < -0.39 is 33.6 Å². The molecule has 8 heteroatoms. The molecule has 0 bridgehead atoms. The van der Waals surface area contributed by atoms with Gasteiger partial charge in [0.25, 0.3) is 11.6 Å². The number of pyridine rings is 1. The summed E-state index contributed by atoms with van der Waals surface area (Å²) >= 11 is 0. The monoisotopic (exact) mass is 290 g/mol. The number of nitrogen functional groups attached to an aromatic ring is 1. The minimum Gasteiger partial charge on any atom is -0.392 e. The van der Waals surface area contributed by atoms with Crippen LogP contribution in [0.4, 0.5) is 21.6 Å². The summed E-state index contributed by atoms with van der Waals surface area (Å²) in [7, 11) is 0. The Kier molecular flexibility index (Phi) is 3.79. The van der Waals surface area contributed by atoms with Crippen molar-refractivity contribution < 1.29 is 14.1 Å². The minimum absolute atomic E-state index is 0.191. The van der Waals surface area contributed by atoms with Gasteiger partial charge in [0.05, 0.1) is 4.92 Å². The van der Waals surface area contributed by atoms with Crippen molar-refractivity contribution in [3.63, 3.8) is 0 Å². The first-order valence-electron chi connectivity index (χ1n) is 5.86. The van der Waals surface area contributed by atoms with E-state index in [4.69, 9.17) is 5.73 Å². The van der Waals surface area contributed by atoms with Crippen molar-refractivity contribution in [2.45, 2.75) is 6.92 Å². The van der Waals surface area contributed by atoms with E-state index in [1.165, 1.54) is 12.3 Å². The van der Waals surface area contributed by atoms with Gasteiger partial charge >= 0.3 is 0 Å². The topological polar surface area (TPSA) is 111 Å². The van der Waals surface area contributed by atoms with E-state index in [9.17, 15) is 19.3 Å². The first kappa shape index (κ1) is 14.4. The van der Waals surface area contributed by atoms with Crippen LogP contribution in [0, 0.1) is 22.9 Å². The second kappa shape index (κ2) is 5.53. The maximum Gasteiger partial charge on any atom is 0.293 e. The molecule has 0 aliphatic carbocycles. The summed E-state index contributed by atoms with van der Waals surface area (Å²) in [6, 6.07) is 4.96. The summed E-state index contributed by atoms with van der Waals surface area (Å²) in [5.41, 5.74) is 4.75. The lowest BCUT2D eigenvalue weighted by Gasteiger charge is -2.08. The molecule has 0 fully saturated rings. The first-order chi connectivity index (χ1) is 9.90. The maximum absolute atomic E-state index is 13.7. The zero-order valence-electron chi connectivity index (χ0n) is 11.0. The van der Waals surface area contributed by atoms with Crippen LogP contribution in [0.3, 0.4) is 0 Å². The van der Waals surface area contributed by atoms with Gasteiger partial charge in [-0.3, -0.25) is 14.9 Å². The molecular weight excluding hydrogens is 279 g/mol. The van der Waals surface area contributed by atoms with Crippen LogP contribution in [0.1, 0.15) is 15.9 Å². The quantitative estimate of drug-likeness (QED) is 0.511. The SMILES string of the molecule is Cc1ccc(NC(=O)c2c(F)ccc([N+](=O)[O-])c2N)nc1. The van der Waals surface area contributed by atoms with Gasteiger partial charge in [0.15, 0.2) is 0 Å². The third-order valence-electron chi connectivity index (χ3n) is 2.75. The Labute approximate surface area is 118 Å². The molecule has 2 rings (SSSR count). The van der Waals surface area contributed by atoms with E-state index in [0.29, 0.717) is 0 Å². The number of aromatic nitrogens is 1. The highest BCUT2D eigenvalue weighted by atomic mass is 19.1. The molecule has 0 saturated carbocycles. The number of rotatable bonds is 3. The van der Waals surface area contributed by atoms with Crippen LogP contribution in [0.5, 0.6) is 0 Å². The third-order valence-corrected chi connectivity index (χ3v) is 2.75. The average molecular weight is 290 g/mol. The fraction of sp³-hybridized carbons (Fsp3) is 0.0769. The Balaban J connectivity index is 2.37. The van der Waals surface area contributed by atoms with Crippen molar-refractivity contribution in [1.82, 2.24) is 4.98 Å². The number of aryl methyl sites for hydroxylation is 1. The number of anilines is 2. The summed E-state index contributed by atoms with van der Waals surface area (Å²) in [5.74, 6) is -1.65. The Morgan fingerprint density at radius 2 is 2.10 bits per heavy atom. The standard InChI is InChI=1S/C13H11FN4O3/c1-7-2-5-10(16-6-7)17-13(19)11-8(14)3-4-9(12(11)15)18(20)21/h2-6H,15H2,1H3,(H,16,17,19). The number of benzene rings is 1. The second-order valence-electron chi connectivity index (χ2n) is 4.29. The van der Waals surface area contributed by atoms with Crippen molar-refractivity contribution in [1.29, 1.82) is 0 Å². The normalized spacial score (nSPS) is 10.2. The number of nitrogens with zero attached hydrogens (tertiary/aromatic N) is 2. The number of nitro benzene ring substituents is 1. The summed E-state index contributed by atoms with van der Waals surface area (Å²) in [6.45, 7) is 1.82. The Morgan fingerprint density at radius 1 is 1.38 bits per heavy atom. The molecule has 1 heterocycles. The molecule has 0 aliphatic heterocycles. The molecule has 7 nitrogen and oxygen atoms in total. The molecular formula is C13H11FN4O3. The van der Waals surface area contributed by atoms with Crippen molar-refractivity contribution in [2.24, 2.45) is 0 Å². The van der Waals surface area contributed by atoms with Gasteiger partial charge in [0.1, 0.15) is 22.9 Å². The number of nitrogens with one attached hydrogen (secondary N) is 1. The molecule has 21 heavy (non-hydrogen) atoms. The fourth-order valence-electron chi connectivity index (χ4n) is 1.69. The van der Waals surface area contributed by atoms with Crippen LogP contribution in [0.15, 0.2) is 30.5 Å². The Bertz CT molecular complexity index is 716. The second-order valence-corrected chi connectivity index (χ2v) is 4.29. The zero-order valence-corrected chi connectivity index (χ0v) is 11.0. The Hall–Kier alpha value is -3.03. The number of halogens is 1. The first-order valence-corrected chi connectivity index (χ1v) is 5.86. The van der Waals surface area contributed by atoms with Crippen molar-refractivity contribution in [2.75, 3.05) is 11.1 Å². The minimum atomic E-state index is -0.942. The number of nitro groups is 1. The van der Waals surface area contributed by atoms with Crippen molar-refractivity contribution >= 4 is 23.1 Å². The molecule has 0 spiro atoms. The largest absolute Gasteiger partial charge is 0.392 e. The fourth-order valence-corrected chi connectivity index (χ4v) is 1.69. The number of nitrogens with two attached hydrogens (primary N) is 1. The highest BCUT2D eigenvalue weighted by molar-refractivity contribution is 6.08. The highest BCUT2D eigenvalue weighted by Crippen LogP contribution is 2.27. The van der Waals surface area contributed by atoms with Gasteiger partial charge in [-0.1, -0.05) is 6.07 Å². The lowest BCUT2D eigenvalue weighted by molar-refractivity contribution is -0.384. The van der Waals surface area contributed by atoms with E-state index in [0.717, 1.165) is 17.7 Å².